The van der Waals surface area contributed by atoms with E-state index in [1.165, 1.54) is 6.07 Å². The Morgan fingerprint density at radius 3 is 2.35 bits per heavy atom. The highest BCUT2D eigenvalue weighted by Crippen LogP contribution is 2.33. The van der Waals surface area contributed by atoms with Crippen LogP contribution in [0.2, 0.25) is 0 Å². The summed E-state index contributed by atoms with van der Waals surface area (Å²) in [6, 6.07) is 18.3. The van der Waals surface area contributed by atoms with Gasteiger partial charge >= 0.3 is 5.69 Å². The summed E-state index contributed by atoms with van der Waals surface area (Å²) in [7, 11) is 0. The molecule has 26 heavy (non-hydrogen) atoms. The van der Waals surface area contributed by atoms with Gasteiger partial charge in [0.1, 0.15) is 6.61 Å². The molecular formula is C21H22N2O3. The van der Waals surface area contributed by atoms with Crippen molar-refractivity contribution < 1.29 is 9.66 Å². The van der Waals surface area contributed by atoms with Gasteiger partial charge in [-0.25, -0.2) is 0 Å². The molecule has 0 saturated heterocycles. The lowest BCUT2D eigenvalue weighted by atomic mass is 10.1. The van der Waals surface area contributed by atoms with Gasteiger partial charge in [0.2, 0.25) is 0 Å². The highest BCUT2D eigenvalue weighted by atomic mass is 16.6. The molecule has 0 aliphatic rings. The van der Waals surface area contributed by atoms with Crippen LogP contribution in [0.1, 0.15) is 25.1 Å². The van der Waals surface area contributed by atoms with Crippen molar-refractivity contribution in [1.82, 2.24) is 4.98 Å². The van der Waals surface area contributed by atoms with Crippen molar-refractivity contribution in [1.29, 1.82) is 0 Å². The number of hydrogen-bond acceptors (Lipinski definition) is 4. The molecular weight excluding hydrogens is 328 g/mol. The van der Waals surface area contributed by atoms with E-state index >= 15 is 0 Å². The molecule has 0 spiro atoms. The molecule has 0 amide bonds. The van der Waals surface area contributed by atoms with Gasteiger partial charge < -0.3 is 4.74 Å². The maximum Gasteiger partial charge on any atom is 0.311 e. The molecule has 0 bridgehead atoms. The van der Waals surface area contributed by atoms with Crippen LogP contribution in [0.25, 0.3) is 11.1 Å². The summed E-state index contributed by atoms with van der Waals surface area (Å²) in [5.74, 6) is 0.262. The van der Waals surface area contributed by atoms with Gasteiger partial charge in [-0.2, -0.15) is 0 Å². The fourth-order valence-corrected chi connectivity index (χ4v) is 2.42. The Balaban J connectivity index is 0.00000117. The number of nitro benzene ring substituents is 1. The lowest BCUT2D eigenvalue weighted by Crippen LogP contribution is -1.99. The number of aryl methyl sites for hydroxylation is 1. The van der Waals surface area contributed by atoms with Crippen LogP contribution in [0, 0.1) is 17.0 Å². The number of ether oxygens (including phenoxy) is 1. The molecule has 0 atom stereocenters. The zero-order chi connectivity index (χ0) is 18.9. The summed E-state index contributed by atoms with van der Waals surface area (Å²) in [6.07, 6.45) is 1.69. The van der Waals surface area contributed by atoms with Gasteiger partial charge in [0.25, 0.3) is 0 Å². The number of nitro groups is 1. The third-order valence-electron chi connectivity index (χ3n) is 3.62. The van der Waals surface area contributed by atoms with Gasteiger partial charge in [-0.15, -0.1) is 0 Å². The van der Waals surface area contributed by atoms with Crippen LogP contribution in [-0.4, -0.2) is 9.91 Å². The Hall–Kier alpha value is -3.21. The SMILES string of the molecule is CC.Cc1cc(-c2ccc(OCc3ccccc3)c([N+](=O)[O-])c2)ccn1. The minimum Gasteiger partial charge on any atom is -0.482 e. The van der Waals surface area contributed by atoms with Gasteiger partial charge in [-0.1, -0.05) is 50.2 Å². The lowest BCUT2D eigenvalue weighted by molar-refractivity contribution is -0.385. The van der Waals surface area contributed by atoms with E-state index in [1.807, 2.05) is 69.3 Å². The predicted octanol–water partition coefficient (Wildman–Crippen LogP) is 5.57. The lowest BCUT2D eigenvalue weighted by Gasteiger charge is -2.09. The normalized spacial score (nSPS) is 9.81. The monoisotopic (exact) mass is 350 g/mol. The molecule has 0 fully saturated rings. The van der Waals surface area contributed by atoms with Crippen molar-refractivity contribution in [3.8, 4) is 16.9 Å². The van der Waals surface area contributed by atoms with E-state index in [-0.39, 0.29) is 18.0 Å². The van der Waals surface area contributed by atoms with Gasteiger partial charge in [-0.3, -0.25) is 15.1 Å². The second-order valence-electron chi connectivity index (χ2n) is 5.40. The first-order valence-corrected chi connectivity index (χ1v) is 8.51. The molecule has 2 aromatic carbocycles. The Morgan fingerprint density at radius 2 is 1.69 bits per heavy atom. The summed E-state index contributed by atoms with van der Waals surface area (Å²) >= 11 is 0. The molecule has 1 heterocycles. The summed E-state index contributed by atoms with van der Waals surface area (Å²) in [6.45, 7) is 6.17. The van der Waals surface area contributed by atoms with E-state index in [1.54, 1.807) is 12.3 Å². The zero-order valence-corrected chi connectivity index (χ0v) is 15.2. The molecule has 0 aliphatic carbocycles. The molecule has 3 rings (SSSR count). The number of rotatable bonds is 5. The van der Waals surface area contributed by atoms with Crippen molar-refractivity contribution in [2.45, 2.75) is 27.4 Å². The van der Waals surface area contributed by atoms with Crippen molar-refractivity contribution >= 4 is 5.69 Å². The third kappa shape index (κ3) is 4.89. The average Bonchev–Trinajstić information content (AvgIpc) is 2.68. The first-order chi connectivity index (χ1) is 12.6. The topological polar surface area (TPSA) is 65.3 Å². The number of aromatic nitrogens is 1. The van der Waals surface area contributed by atoms with Crippen molar-refractivity contribution in [3.63, 3.8) is 0 Å². The third-order valence-corrected chi connectivity index (χ3v) is 3.62. The first kappa shape index (κ1) is 19.1. The van der Waals surface area contributed by atoms with Gasteiger partial charge in [-0.05, 0) is 41.8 Å². The number of pyridine rings is 1. The van der Waals surface area contributed by atoms with Crippen LogP contribution in [0.5, 0.6) is 5.75 Å². The largest absolute Gasteiger partial charge is 0.482 e. The second-order valence-corrected chi connectivity index (χ2v) is 5.40. The predicted molar refractivity (Wildman–Crippen MR) is 103 cm³/mol. The Morgan fingerprint density at radius 1 is 1.00 bits per heavy atom. The van der Waals surface area contributed by atoms with E-state index in [9.17, 15) is 10.1 Å². The van der Waals surface area contributed by atoms with Gasteiger partial charge in [0.15, 0.2) is 5.75 Å². The first-order valence-electron chi connectivity index (χ1n) is 8.51. The molecule has 0 radical (unpaired) electrons. The molecule has 0 aliphatic heterocycles. The van der Waals surface area contributed by atoms with Crippen molar-refractivity contribution in [2.75, 3.05) is 0 Å². The van der Waals surface area contributed by atoms with E-state index in [2.05, 4.69) is 4.98 Å². The maximum atomic E-state index is 11.4. The fourth-order valence-electron chi connectivity index (χ4n) is 2.42. The standard InChI is InChI=1S/C19H16N2O3.C2H6/c1-14-11-17(9-10-20-14)16-7-8-19(18(12-16)21(22)23)24-13-15-5-3-2-4-6-15;1-2/h2-12H,13H2,1H3;1-2H3. The number of hydrogen-bond donors (Lipinski definition) is 0. The fraction of sp³-hybridized carbons (Fsp3) is 0.190. The van der Waals surface area contributed by atoms with Crippen molar-refractivity contribution in [3.05, 3.63) is 88.2 Å². The van der Waals surface area contributed by atoms with Crippen LogP contribution in [0.3, 0.4) is 0 Å². The highest BCUT2D eigenvalue weighted by Gasteiger charge is 2.17. The number of benzene rings is 2. The molecule has 0 saturated carbocycles. The molecule has 134 valence electrons. The Bertz CT molecular complexity index is 864. The van der Waals surface area contributed by atoms with Crippen molar-refractivity contribution in [2.24, 2.45) is 0 Å². The summed E-state index contributed by atoms with van der Waals surface area (Å²) in [5, 5.41) is 11.4. The van der Waals surface area contributed by atoms with E-state index in [4.69, 9.17) is 4.74 Å². The van der Waals surface area contributed by atoms with Crippen LogP contribution in [-0.2, 0) is 6.61 Å². The molecule has 0 unspecified atom stereocenters. The van der Waals surface area contributed by atoms with E-state index in [0.717, 1.165) is 22.4 Å². The summed E-state index contributed by atoms with van der Waals surface area (Å²) in [5.41, 5.74) is 3.43. The molecule has 5 heteroatoms. The zero-order valence-electron chi connectivity index (χ0n) is 15.2. The van der Waals surface area contributed by atoms with Crippen LogP contribution >= 0.6 is 0 Å². The van der Waals surface area contributed by atoms with Gasteiger partial charge in [0, 0.05) is 18.0 Å². The minimum absolute atomic E-state index is 0.0436. The summed E-state index contributed by atoms with van der Waals surface area (Å²) in [4.78, 5) is 15.1. The average molecular weight is 350 g/mol. The maximum absolute atomic E-state index is 11.4. The van der Waals surface area contributed by atoms with E-state index < -0.39 is 4.92 Å². The Kier molecular flexibility index (Phi) is 6.85. The van der Waals surface area contributed by atoms with Crippen LogP contribution in [0.15, 0.2) is 66.9 Å². The quantitative estimate of drug-likeness (QED) is 0.446. The summed E-state index contributed by atoms with van der Waals surface area (Å²) < 4.78 is 5.65. The molecule has 5 nitrogen and oxygen atoms in total. The highest BCUT2D eigenvalue weighted by molar-refractivity contribution is 5.68. The smallest absolute Gasteiger partial charge is 0.311 e. The van der Waals surface area contributed by atoms with E-state index in [0.29, 0.717) is 0 Å². The molecule has 1 aromatic heterocycles. The molecule has 3 aromatic rings. The second kappa shape index (κ2) is 9.32. The van der Waals surface area contributed by atoms with Crippen LogP contribution < -0.4 is 4.74 Å². The molecule has 0 N–H and O–H groups in total. The van der Waals surface area contributed by atoms with Crippen LogP contribution in [0.4, 0.5) is 5.69 Å². The minimum atomic E-state index is -0.419. The number of nitrogens with zero attached hydrogens (tertiary/aromatic N) is 2. The Labute approximate surface area is 153 Å². The van der Waals surface area contributed by atoms with Gasteiger partial charge in [0.05, 0.1) is 4.92 Å².